The summed E-state index contributed by atoms with van der Waals surface area (Å²) in [6.45, 7) is 6.80. The fraction of sp³-hybridized carbons (Fsp3) is 0.318. The highest BCUT2D eigenvalue weighted by atomic mass is 79.9. The van der Waals surface area contributed by atoms with Gasteiger partial charge in [0, 0.05) is 24.9 Å². The third kappa shape index (κ3) is 4.68. The number of aryl methyl sites for hydroxylation is 2. The lowest BCUT2D eigenvalue weighted by molar-refractivity contribution is 0.393. The summed E-state index contributed by atoms with van der Waals surface area (Å²) in [6.07, 6.45) is 3.91. The summed E-state index contributed by atoms with van der Waals surface area (Å²) >= 11 is 3.34. The van der Waals surface area contributed by atoms with E-state index in [0.29, 0.717) is 52.6 Å². The number of rotatable bonds is 9. The van der Waals surface area contributed by atoms with Gasteiger partial charge in [-0.2, -0.15) is 0 Å². The predicted molar refractivity (Wildman–Crippen MR) is 130 cm³/mol. The summed E-state index contributed by atoms with van der Waals surface area (Å²) in [5, 5.41) is 12.3. The second kappa shape index (κ2) is 9.99. The number of unbranched alkanes of at least 4 members (excludes halogenated alkanes) is 2. The number of nitrogens with zero attached hydrogens (tertiary/aromatic N) is 6. The van der Waals surface area contributed by atoms with E-state index < -0.39 is 0 Å². The van der Waals surface area contributed by atoms with Crippen molar-refractivity contribution >= 4 is 38.8 Å². The van der Waals surface area contributed by atoms with Crippen LogP contribution in [0.5, 0.6) is 0 Å². The molecule has 3 heterocycles. The lowest BCUT2D eigenvalue weighted by Crippen LogP contribution is -2.21. The Bertz CT molecular complexity index is 1370. The molecule has 0 aliphatic heterocycles. The number of imidazole rings is 1. The zero-order chi connectivity index (χ0) is 23.4. The van der Waals surface area contributed by atoms with Gasteiger partial charge in [0.2, 0.25) is 11.7 Å². The third-order valence-electron chi connectivity index (χ3n) is 5.27. The second-order valence-corrected chi connectivity index (χ2v) is 8.33. The average Bonchev–Trinajstić information content (AvgIpc) is 3.43. The van der Waals surface area contributed by atoms with Crippen LogP contribution < -0.4 is 11.4 Å². The molecule has 0 saturated carbocycles. The van der Waals surface area contributed by atoms with E-state index in [1.807, 2.05) is 34.9 Å². The van der Waals surface area contributed by atoms with Gasteiger partial charge in [0.1, 0.15) is 5.82 Å². The van der Waals surface area contributed by atoms with E-state index in [1.165, 1.54) is 4.40 Å². The Morgan fingerprint density at radius 3 is 2.79 bits per heavy atom. The number of nitrogens with one attached hydrogen (secondary N) is 1. The molecule has 33 heavy (non-hydrogen) atoms. The molecule has 11 heteroatoms. The number of ether oxygens (including phenoxy) is 1. The minimum atomic E-state index is -0.245. The van der Waals surface area contributed by atoms with Gasteiger partial charge in [0.05, 0.1) is 5.76 Å². The Hall–Kier alpha value is -3.47. The molecular formula is C22H25BrN8O2. The Balaban J connectivity index is 1.60. The first-order valence-electron chi connectivity index (χ1n) is 10.7. The number of allylic oxidation sites excluding steroid dienone is 1. The maximum Gasteiger partial charge on any atom is 0.286 e. The van der Waals surface area contributed by atoms with Gasteiger partial charge >= 0.3 is 0 Å². The van der Waals surface area contributed by atoms with Crippen LogP contribution in [0.4, 0.5) is 0 Å². The number of aromatic amines is 1. The average molecular weight is 513 g/mol. The molecule has 4 aromatic rings. The number of hydrogen-bond acceptors (Lipinski definition) is 7. The first-order chi connectivity index (χ1) is 16.0. The zero-order valence-electron chi connectivity index (χ0n) is 18.3. The largest absolute Gasteiger partial charge is 0.442 e. The number of H-pyrrole nitrogens is 1. The summed E-state index contributed by atoms with van der Waals surface area (Å²) in [5.41, 5.74) is 1.47. The Morgan fingerprint density at radius 2 is 2.06 bits per heavy atom. The summed E-state index contributed by atoms with van der Waals surface area (Å²) in [4.78, 5) is 20.7. The molecule has 0 amide bonds. The fourth-order valence-electron chi connectivity index (χ4n) is 3.64. The molecule has 0 spiro atoms. The van der Waals surface area contributed by atoms with Crippen LogP contribution >= 0.6 is 15.9 Å². The van der Waals surface area contributed by atoms with Crippen LogP contribution in [0.15, 0.2) is 57.3 Å². The van der Waals surface area contributed by atoms with E-state index in [0.717, 1.165) is 24.8 Å². The maximum atomic E-state index is 13.2. The van der Waals surface area contributed by atoms with Gasteiger partial charge in [-0.25, -0.2) is 9.38 Å². The van der Waals surface area contributed by atoms with Crippen LogP contribution in [0.3, 0.4) is 0 Å². The summed E-state index contributed by atoms with van der Waals surface area (Å²) in [5.74, 6) is 7.21. The molecule has 4 rings (SSSR count). The molecule has 0 bridgehead atoms. The van der Waals surface area contributed by atoms with Crippen molar-refractivity contribution in [2.75, 3.05) is 0 Å². The van der Waals surface area contributed by atoms with Crippen molar-refractivity contribution in [2.24, 2.45) is 10.9 Å². The molecule has 0 aliphatic carbocycles. The van der Waals surface area contributed by atoms with Crippen LogP contribution in [-0.2, 0) is 17.7 Å². The molecule has 10 nitrogen and oxygen atoms in total. The van der Waals surface area contributed by atoms with Crippen molar-refractivity contribution < 1.29 is 4.74 Å². The van der Waals surface area contributed by atoms with Gasteiger partial charge < -0.3 is 15.6 Å². The molecule has 1 aromatic carbocycles. The molecule has 0 unspecified atom stereocenters. The normalized spacial score (nSPS) is 12.0. The van der Waals surface area contributed by atoms with Crippen molar-refractivity contribution in [1.82, 2.24) is 29.1 Å². The van der Waals surface area contributed by atoms with Gasteiger partial charge in [-0.05, 0) is 34.5 Å². The monoisotopic (exact) mass is 512 g/mol. The van der Waals surface area contributed by atoms with E-state index >= 15 is 0 Å². The van der Waals surface area contributed by atoms with Crippen molar-refractivity contribution in [2.45, 2.75) is 45.6 Å². The van der Waals surface area contributed by atoms with Crippen molar-refractivity contribution in [3.8, 4) is 0 Å². The van der Waals surface area contributed by atoms with Gasteiger partial charge in [-0.15, -0.1) is 15.3 Å². The highest BCUT2D eigenvalue weighted by Crippen LogP contribution is 2.18. The Morgan fingerprint density at radius 1 is 1.27 bits per heavy atom. The number of fused-ring (bicyclic) bond motifs is 2. The van der Waals surface area contributed by atoms with Gasteiger partial charge in [-0.3, -0.25) is 9.36 Å². The van der Waals surface area contributed by atoms with E-state index in [4.69, 9.17) is 10.6 Å². The molecule has 0 radical (unpaired) electrons. The van der Waals surface area contributed by atoms with E-state index in [2.05, 4.69) is 54.7 Å². The summed E-state index contributed by atoms with van der Waals surface area (Å²) < 4.78 is 9.72. The summed E-state index contributed by atoms with van der Waals surface area (Å²) in [7, 11) is 0. The van der Waals surface area contributed by atoms with Crippen molar-refractivity contribution in [3.63, 3.8) is 0 Å². The molecule has 0 fully saturated rings. The fourth-order valence-corrected chi connectivity index (χ4v) is 4.01. The number of nitrogens with two attached hydrogens (primary N) is 1. The van der Waals surface area contributed by atoms with Crippen LogP contribution in [0.1, 0.15) is 44.0 Å². The Kier molecular flexibility index (Phi) is 6.87. The second-order valence-electron chi connectivity index (χ2n) is 7.58. The number of halogens is 1. The third-order valence-corrected chi connectivity index (χ3v) is 5.65. The number of hydrogen-bond donors (Lipinski definition) is 2. The molecule has 0 saturated heterocycles. The van der Waals surface area contributed by atoms with E-state index in [1.54, 1.807) is 0 Å². The number of aromatic nitrogens is 6. The lowest BCUT2D eigenvalue weighted by Gasteiger charge is -2.11. The molecule has 0 aliphatic rings. The van der Waals surface area contributed by atoms with Crippen LogP contribution in [-0.4, -0.2) is 35.0 Å². The van der Waals surface area contributed by atoms with Gasteiger partial charge in [-0.1, -0.05) is 44.5 Å². The Labute approximate surface area is 198 Å². The van der Waals surface area contributed by atoms with Gasteiger partial charge in [0.15, 0.2) is 15.9 Å². The SMILES string of the molecule is C=C(CCc1nnc2n(CCCCC)c3nc(Br)[nH]c3c(=O)n12)O/C(=N\N)c1ccccc1. The first-order valence-corrected chi connectivity index (χ1v) is 11.5. The van der Waals surface area contributed by atoms with E-state index in [-0.39, 0.29) is 11.5 Å². The van der Waals surface area contributed by atoms with Crippen LogP contribution in [0.2, 0.25) is 0 Å². The standard InChI is InChI=1S/C22H25BrN8O2/c1-3-4-8-13-30-18-17(25-21(23)26-18)20(32)31-16(28-29-22(30)31)12-11-14(2)33-19(27-24)15-9-6-5-7-10-15/h5-7,9-10H,2-4,8,11-13,24H2,1H3,(H,25,26)/b27-19-. The highest BCUT2D eigenvalue weighted by Gasteiger charge is 2.19. The lowest BCUT2D eigenvalue weighted by atomic mass is 10.2. The molecular weight excluding hydrogens is 488 g/mol. The van der Waals surface area contributed by atoms with Crippen molar-refractivity contribution in [3.05, 3.63) is 69.1 Å². The maximum absolute atomic E-state index is 13.2. The highest BCUT2D eigenvalue weighted by molar-refractivity contribution is 9.10. The minimum absolute atomic E-state index is 0.245. The molecule has 0 atom stereocenters. The number of benzene rings is 1. The quantitative estimate of drug-likeness (QED) is 0.0671. The minimum Gasteiger partial charge on any atom is -0.442 e. The number of hydrazone groups is 1. The molecule has 3 N–H and O–H groups in total. The first kappa shape index (κ1) is 22.7. The summed E-state index contributed by atoms with van der Waals surface area (Å²) in [6, 6.07) is 9.33. The topological polar surface area (TPSA) is 128 Å². The zero-order valence-corrected chi connectivity index (χ0v) is 19.9. The van der Waals surface area contributed by atoms with Gasteiger partial charge in [0.25, 0.3) is 5.56 Å². The molecule has 172 valence electrons. The van der Waals surface area contributed by atoms with Crippen LogP contribution in [0.25, 0.3) is 16.9 Å². The van der Waals surface area contributed by atoms with Crippen molar-refractivity contribution in [1.29, 1.82) is 0 Å². The predicted octanol–water partition coefficient (Wildman–Crippen LogP) is 3.50. The van der Waals surface area contributed by atoms with E-state index in [9.17, 15) is 4.79 Å². The smallest absolute Gasteiger partial charge is 0.286 e. The molecule has 3 aromatic heterocycles. The van der Waals surface area contributed by atoms with Crippen LogP contribution in [0, 0.1) is 0 Å².